The molecule has 0 amide bonds. The lowest BCUT2D eigenvalue weighted by Gasteiger charge is -1.90. The van der Waals surface area contributed by atoms with Crippen LogP contribution >= 0.6 is 23.1 Å². The van der Waals surface area contributed by atoms with Crippen LogP contribution in [0.4, 0.5) is 14.5 Å². The average Bonchev–Trinajstić information content (AvgIpc) is 2.44. The molecule has 2 N–H and O–H groups in total. The molecule has 0 spiro atoms. The molecule has 0 radical (unpaired) electrons. The van der Waals surface area contributed by atoms with Gasteiger partial charge in [-0.2, -0.15) is 8.78 Å². The molecule has 0 saturated carbocycles. The van der Waals surface area contributed by atoms with Gasteiger partial charge in [0.05, 0.1) is 10.2 Å². The molecule has 1 aromatic heterocycles. The number of aromatic nitrogens is 1. The molecule has 0 aliphatic heterocycles. The number of thioether (sulfide) groups is 1. The molecule has 2 aromatic rings. The molecule has 0 unspecified atom stereocenters. The van der Waals surface area contributed by atoms with Gasteiger partial charge in [-0.15, -0.1) is 11.3 Å². The van der Waals surface area contributed by atoms with Crippen molar-refractivity contribution in [3.63, 3.8) is 0 Å². The minimum absolute atomic E-state index is 0.376. The van der Waals surface area contributed by atoms with Crippen molar-refractivity contribution in [2.24, 2.45) is 0 Å². The topological polar surface area (TPSA) is 38.9 Å². The molecule has 6 heteroatoms. The number of thiazole rings is 1. The highest BCUT2D eigenvalue weighted by Crippen LogP contribution is 2.33. The highest BCUT2D eigenvalue weighted by Gasteiger charge is 2.10. The maximum absolute atomic E-state index is 12.0. The maximum Gasteiger partial charge on any atom is 0.291 e. The van der Waals surface area contributed by atoms with Crippen LogP contribution in [0, 0.1) is 0 Å². The number of halogens is 2. The fourth-order valence-corrected chi connectivity index (χ4v) is 2.78. The first-order valence-electron chi connectivity index (χ1n) is 3.76. The number of hydrogen-bond acceptors (Lipinski definition) is 4. The van der Waals surface area contributed by atoms with E-state index in [1.807, 2.05) is 0 Å². The molecule has 2 rings (SSSR count). The molecule has 1 aromatic carbocycles. The monoisotopic (exact) mass is 232 g/mol. The van der Waals surface area contributed by atoms with E-state index in [2.05, 4.69) is 4.98 Å². The van der Waals surface area contributed by atoms with E-state index in [1.54, 1.807) is 18.2 Å². The Hall–Kier alpha value is -0.880. The van der Waals surface area contributed by atoms with Gasteiger partial charge in [0.15, 0.2) is 4.34 Å². The van der Waals surface area contributed by atoms with Gasteiger partial charge in [0, 0.05) is 5.69 Å². The molecule has 0 aliphatic rings. The largest absolute Gasteiger partial charge is 0.399 e. The van der Waals surface area contributed by atoms with Gasteiger partial charge in [0.25, 0.3) is 5.76 Å². The molecular formula is C8H6F2N2S2. The molecule has 0 fully saturated rings. The Morgan fingerprint density at radius 2 is 2.21 bits per heavy atom. The van der Waals surface area contributed by atoms with E-state index in [0.717, 1.165) is 4.70 Å². The highest BCUT2D eigenvalue weighted by molar-refractivity contribution is 8.01. The van der Waals surface area contributed by atoms with Gasteiger partial charge in [-0.25, -0.2) is 4.98 Å². The molecule has 0 aliphatic carbocycles. The van der Waals surface area contributed by atoms with Crippen LogP contribution in [-0.2, 0) is 0 Å². The summed E-state index contributed by atoms with van der Waals surface area (Å²) in [6.07, 6.45) is 0. The zero-order valence-electron chi connectivity index (χ0n) is 6.91. The normalized spacial score (nSPS) is 11.4. The second-order valence-electron chi connectivity index (χ2n) is 2.59. The van der Waals surface area contributed by atoms with Crippen LogP contribution < -0.4 is 5.73 Å². The van der Waals surface area contributed by atoms with Crippen molar-refractivity contribution in [2.45, 2.75) is 10.1 Å². The minimum Gasteiger partial charge on any atom is -0.399 e. The van der Waals surface area contributed by atoms with Crippen LogP contribution in [0.5, 0.6) is 0 Å². The van der Waals surface area contributed by atoms with E-state index >= 15 is 0 Å². The number of nitrogens with zero attached hydrogens (tertiary/aromatic N) is 1. The number of fused-ring (bicyclic) bond motifs is 1. The predicted octanol–water partition coefficient (Wildman–Crippen LogP) is 3.19. The second-order valence-corrected chi connectivity index (χ2v) is 4.85. The van der Waals surface area contributed by atoms with Gasteiger partial charge in [-0.3, -0.25) is 0 Å². The zero-order valence-corrected chi connectivity index (χ0v) is 8.54. The fourth-order valence-electron chi connectivity index (χ4n) is 1.05. The molecule has 0 atom stereocenters. The number of hydrogen-bond donors (Lipinski definition) is 1. The Labute approximate surface area is 87.1 Å². The number of benzene rings is 1. The van der Waals surface area contributed by atoms with E-state index in [0.29, 0.717) is 27.3 Å². The first-order valence-corrected chi connectivity index (χ1v) is 5.45. The van der Waals surface area contributed by atoms with Gasteiger partial charge >= 0.3 is 0 Å². The van der Waals surface area contributed by atoms with Gasteiger partial charge < -0.3 is 5.73 Å². The Bertz CT molecular complexity index is 456. The summed E-state index contributed by atoms with van der Waals surface area (Å²) in [6, 6.07) is 5.18. The third-order valence-electron chi connectivity index (χ3n) is 1.58. The van der Waals surface area contributed by atoms with Crippen LogP contribution in [0.25, 0.3) is 10.2 Å². The summed E-state index contributed by atoms with van der Waals surface area (Å²) in [5, 5.41) is 0. The van der Waals surface area contributed by atoms with Crippen molar-refractivity contribution in [1.82, 2.24) is 4.98 Å². The Balaban J connectivity index is 2.41. The van der Waals surface area contributed by atoms with E-state index in [1.165, 1.54) is 11.3 Å². The van der Waals surface area contributed by atoms with Crippen molar-refractivity contribution in [3.05, 3.63) is 18.2 Å². The van der Waals surface area contributed by atoms with Crippen molar-refractivity contribution in [3.8, 4) is 0 Å². The van der Waals surface area contributed by atoms with Crippen molar-refractivity contribution >= 4 is 39.0 Å². The van der Waals surface area contributed by atoms with Crippen LogP contribution in [0.1, 0.15) is 0 Å². The van der Waals surface area contributed by atoms with Gasteiger partial charge in [0.1, 0.15) is 0 Å². The number of nitrogens with two attached hydrogens (primary N) is 1. The SMILES string of the molecule is Nc1ccc2nc(SC(F)F)sc2c1. The molecular weight excluding hydrogens is 226 g/mol. The van der Waals surface area contributed by atoms with Crippen LogP contribution in [0.3, 0.4) is 0 Å². The summed E-state index contributed by atoms with van der Waals surface area (Å²) in [4.78, 5) is 4.04. The van der Waals surface area contributed by atoms with Crippen LogP contribution in [0.15, 0.2) is 22.5 Å². The number of alkyl halides is 2. The molecule has 1 heterocycles. The van der Waals surface area contributed by atoms with E-state index in [-0.39, 0.29) is 0 Å². The fraction of sp³-hybridized carbons (Fsp3) is 0.125. The first kappa shape index (κ1) is 9.67. The van der Waals surface area contributed by atoms with E-state index in [9.17, 15) is 8.78 Å². The van der Waals surface area contributed by atoms with Crippen LogP contribution in [0.2, 0.25) is 0 Å². The van der Waals surface area contributed by atoms with Gasteiger partial charge in [0.2, 0.25) is 0 Å². The minimum atomic E-state index is -2.42. The summed E-state index contributed by atoms with van der Waals surface area (Å²) < 4.78 is 25.3. The molecule has 74 valence electrons. The Morgan fingerprint density at radius 1 is 1.43 bits per heavy atom. The van der Waals surface area contributed by atoms with Crippen molar-refractivity contribution in [2.75, 3.05) is 5.73 Å². The lowest BCUT2D eigenvalue weighted by molar-refractivity contribution is 0.252. The number of rotatable bonds is 2. The summed E-state index contributed by atoms with van der Waals surface area (Å²) in [5.74, 6) is -2.42. The van der Waals surface area contributed by atoms with E-state index < -0.39 is 5.76 Å². The standard InChI is InChI=1S/C8H6F2N2S2/c9-7(10)14-8-12-5-2-1-4(11)3-6(5)13-8/h1-3,7H,11H2. The lowest BCUT2D eigenvalue weighted by atomic mass is 10.3. The third-order valence-corrected chi connectivity index (χ3v) is 3.41. The second kappa shape index (κ2) is 3.70. The predicted molar refractivity (Wildman–Crippen MR) is 55.9 cm³/mol. The average molecular weight is 232 g/mol. The maximum atomic E-state index is 12.0. The van der Waals surface area contributed by atoms with Crippen LogP contribution in [-0.4, -0.2) is 10.7 Å². The molecule has 14 heavy (non-hydrogen) atoms. The summed E-state index contributed by atoms with van der Waals surface area (Å²) in [6.45, 7) is 0. The van der Waals surface area contributed by atoms with Crippen molar-refractivity contribution in [1.29, 1.82) is 0 Å². The Morgan fingerprint density at radius 3 is 2.93 bits per heavy atom. The van der Waals surface area contributed by atoms with Gasteiger partial charge in [-0.1, -0.05) is 0 Å². The van der Waals surface area contributed by atoms with Gasteiger partial charge in [-0.05, 0) is 30.0 Å². The summed E-state index contributed by atoms with van der Waals surface area (Å²) in [5.41, 5.74) is 6.89. The third kappa shape index (κ3) is 1.96. The first-order chi connectivity index (χ1) is 6.65. The number of anilines is 1. The lowest BCUT2D eigenvalue weighted by Crippen LogP contribution is -1.81. The van der Waals surface area contributed by atoms with E-state index in [4.69, 9.17) is 5.73 Å². The quantitative estimate of drug-likeness (QED) is 0.638. The highest BCUT2D eigenvalue weighted by atomic mass is 32.2. The summed E-state index contributed by atoms with van der Waals surface area (Å²) >= 11 is 1.69. The van der Waals surface area contributed by atoms with Crippen molar-refractivity contribution < 1.29 is 8.78 Å². The molecule has 2 nitrogen and oxygen atoms in total. The Kier molecular flexibility index (Phi) is 2.56. The zero-order chi connectivity index (χ0) is 10.1. The molecule has 0 bridgehead atoms. The summed E-state index contributed by atoms with van der Waals surface area (Å²) in [7, 11) is 0. The molecule has 0 saturated heterocycles. The smallest absolute Gasteiger partial charge is 0.291 e. The number of nitrogen functional groups attached to an aromatic ring is 1.